The fraction of sp³-hybridized carbons (Fsp3) is 0.217. The van der Waals surface area contributed by atoms with Crippen LogP contribution >= 0.6 is 0 Å². The third-order valence-electron chi connectivity index (χ3n) is 5.26. The number of hydrogen-bond donors (Lipinski definition) is 1. The Bertz CT molecular complexity index is 1040. The second-order valence-electron chi connectivity index (χ2n) is 7.29. The fourth-order valence-electron chi connectivity index (χ4n) is 3.71. The van der Waals surface area contributed by atoms with E-state index in [0.717, 1.165) is 16.7 Å². The first-order chi connectivity index (χ1) is 14.6. The minimum atomic E-state index is -1.28. The van der Waals surface area contributed by atoms with E-state index in [1.54, 1.807) is 35.6 Å². The Morgan fingerprint density at radius 3 is 2.60 bits per heavy atom. The van der Waals surface area contributed by atoms with Gasteiger partial charge in [-0.1, -0.05) is 24.3 Å². The zero-order valence-electron chi connectivity index (χ0n) is 16.4. The number of hydrogen-bond acceptors (Lipinski definition) is 5. The lowest BCUT2D eigenvalue weighted by Gasteiger charge is -2.40. The van der Waals surface area contributed by atoms with Gasteiger partial charge in [-0.2, -0.15) is 0 Å². The summed E-state index contributed by atoms with van der Waals surface area (Å²) >= 11 is 0. The molecule has 1 saturated heterocycles. The van der Waals surface area contributed by atoms with Gasteiger partial charge >= 0.3 is 0 Å². The molecule has 1 fully saturated rings. The van der Waals surface area contributed by atoms with Crippen molar-refractivity contribution in [2.24, 2.45) is 5.73 Å². The molecule has 0 bridgehead atoms. The van der Waals surface area contributed by atoms with Crippen LogP contribution in [-0.2, 0) is 16.0 Å². The highest BCUT2D eigenvalue weighted by Crippen LogP contribution is 2.27. The summed E-state index contributed by atoms with van der Waals surface area (Å²) in [6.45, 7) is 0.717. The highest BCUT2D eigenvalue weighted by Gasteiger charge is 2.44. The Kier molecular flexibility index (Phi) is 5.54. The minimum Gasteiger partial charge on any atom is -0.367 e. The Labute approximate surface area is 174 Å². The number of nitrogens with two attached hydrogens (primary N) is 1. The van der Waals surface area contributed by atoms with Crippen molar-refractivity contribution >= 4 is 11.8 Å². The van der Waals surface area contributed by atoms with Crippen molar-refractivity contribution in [1.29, 1.82) is 0 Å². The summed E-state index contributed by atoms with van der Waals surface area (Å²) in [4.78, 5) is 35.0. The van der Waals surface area contributed by atoms with Gasteiger partial charge in [0.05, 0.1) is 18.7 Å². The topological polar surface area (TPSA) is 98.4 Å². The van der Waals surface area contributed by atoms with Crippen LogP contribution in [0.15, 0.2) is 73.3 Å². The molecule has 0 spiro atoms. The number of aromatic nitrogens is 2. The van der Waals surface area contributed by atoms with Gasteiger partial charge in [0.2, 0.25) is 0 Å². The first kappa shape index (κ1) is 19.7. The lowest BCUT2D eigenvalue weighted by molar-refractivity contribution is -0.153. The first-order valence-electron chi connectivity index (χ1n) is 9.70. The van der Waals surface area contributed by atoms with Gasteiger partial charge in [0.25, 0.3) is 11.8 Å². The van der Waals surface area contributed by atoms with Gasteiger partial charge < -0.3 is 15.4 Å². The Hall–Kier alpha value is -3.58. The summed E-state index contributed by atoms with van der Waals surface area (Å²) in [5.74, 6) is -0.775. The van der Waals surface area contributed by atoms with E-state index in [4.69, 9.17) is 10.5 Å². The Morgan fingerprint density at radius 2 is 1.87 bits per heavy atom. The molecule has 2 N–H and O–H groups in total. The number of ether oxygens (including phenoxy) is 1. The van der Waals surface area contributed by atoms with Crippen molar-refractivity contribution in [3.8, 4) is 11.1 Å². The van der Waals surface area contributed by atoms with Crippen LogP contribution in [0.2, 0.25) is 0 Å². The molecule has 1 aliphatic heterocycles. The second kappa shape index (κ2) is 8.42. The number of amides is 2. The number of rotatable bonds is 5. The van der Waals surface area contributed by atoms with Gasteiger partial charge in [-0.15, -0.1) is 0 Å². The highest BCUT2D eigenvalue weighted by molar-refractivity contribution is 5.95. The predicted octanol–water partition coefficient (Wildman–Crippen LogP) is 2.08. The van der Waals surface area contributed by atoms with E-state index in [0.29, 0.717) is 12.1 Å². The molecule has 7 nitrogen and oxygen atoms in total. The normalized spacial score (nSPS) is 18.7. The molecule has 152 valence electrons. The van der Waals surface area contributed by atoms with Crippen molar-refractivity contribution in [2.45, 2.75) is 12.0 Å². The van der Waals surface area contributed by atoms with Gasteiger partial charge in [-0.3, -0.25) is 19.6 Å². The molecule has 4 rings (SSSR count). The first-order valence-corrected chi connectivity index (χ1v) is 9.70. The summed E-state index contributed by atoms with van der Waals surface area (Å²) < 4.78 is 5.90. The number of carbonyl (C=O) groups is 2. The van der Waals surface area contributed by atoms with Crippen LogP contribution in [0.1, 0.15) is 15.9 Å². The second-order valence-corrected chi connectivity index (χ2v) is 7.29. The number of carbonyl (C=O) groups excluding carboxylic acids is 2. The largest absolute Gasteiger partial charge is 0.367 e. The molecule has 1 atom stereocenters. The standard InChI is InChI=1S/C23H22N4O3/c24-22(29)23(14-17-3-1-4-19(13-17)18-6-9-25-10-7-18)16-27(11-12-30-23)21(28)20-5-2-8-26-15-20/h1-10,13,15H,11-12,14,16H2,(H2,24,29)/t23-/m1/s1. The zero-order valence-corrected chi connectivity index (χ0v) is 16.4. The Balaban J connectivity index is 1.59. The van der Waals surface area contributed by atoms with Crippen molar-refractivity contribution in [3.05, 3.63) is 84.4 Å². The lowest BCUT2D eigenvalue weighted by atomic mass is 9.90. The number of morpholine rings is 1. The molecule has 3 heterocycles. The predicted molar refractivity (Wildman–Crippen MR) is 111 cm³/mol. The van der Waals surface area contributed by atoms with Gasteiger partial charge in [0.1, 0.15) is 0 Å². The molecule has 0 unspecified atom stereocenters. The van der Waals surface area contributed by atoms with Crippen LogP contribution in [0.25, 0.3) is 11.1 Å². The van der Waals surface area contributed by atoms with Gasteiger partial charge in [0, 0.05) is 37.8 Å². The van der Waals surface area contributed by atoms with E-state index in [-0.39, 0.29) is 25.5 Å². The van der Waals surface area contributed by atoms with E-state index in [1.165, 1.54) is 6.20 Å². The molecule has 2 aromatic heterocycles. The third kappa shape index (κ3) is 4.06. The van der Waals surface area contributed by atoms with Crippen LogP contribution in [0.4, 0.5) is 0 Å². The molecular formula is C23H22N4O3. The van der Waals surface area contributed by atoms with Crippen molar-refractivity contribution in [1.82, 2.24) is 14.9 Å². The molecule has 0 saturated carbocycles. The maximum atomic E-state index is 12.9. The van der Waals surface area contributed by atoms with Crippen LogP contribution in [-0.4, -0.2) is 52.0 Å². The van der Waals surface area contributed by atoms with E-state index >= 15 is 0 Å². The monoisotopic (exact) mass is 402 g/mol. The van der Waals surface area contributed by atoms with Crippen molar-refractivity contribution in [2.75, 3.05) is 19.7 Å². The molecule has 3 aromatic rings. The molecular weight excluding hydrogens is 380 g/mol. The van der Waals surface area contributed by atoms with Crippen molar-refractivity contribution < 1.29 is 14.3 Å². The maximum Gasteiger partial charge on any atom is 0.255 e. The van der Waals surface area contributed by atoms with Crippen LogP contribution in [0.5, 0.6) is 0 Å². The average molecular weight is 402 g/mol. The molecule has 0 radical (unpaired) electrons. The van der Waals surface area contributed by atoms with Crippen LogP contribution in [0, 0.1) is 0 Å². The molecule has 1 aromatic carbocycles. The highest BCUT2D eigenvalue weighted by atomic mass is 16.5. The number of nitrogens with zero attached hydrogens (tertiary/aromatic N) is 3. The lowest BCUT2D eigenvalue weighted by Crippen LogP contribution is -2.61. The fourth-order valence-corrected chi connectivity index (χ4v) is 3.71. The van der Waals surface area contributed by atoms with Gasteiger partial charge in [-0.05, 0) is 41.0 Å². The maximum absolute atomic E-state index is 12.9. The number of benzene rings is 1. The quantitative estimate of drug-likeness (QED) is 0.705. The zero-order chi connectivity index (χ0) is 21.0. The average Bonchev–Trinajstić information content (AvgIpc) is 2.80. The SMILES string of the molecule is NC(=O)[C@@]1(Cc2cccc(-c3ccncc3)c2)CN(C(=O)c2cccnc2)CCO1. The molecule has 1 aliphatic rings. The van der Waals surface area contributed by atoms with Gasteiger partial charge in [0.15, 0.2) is 5.60 Å². The summed E-state index contributed by atoms with van der Waals surface area (Å²) in [6.07, 6.45) is 6.87. The van der Waals surface area contributed by atoms with E-state index < -0.39 is 11.5 Å². The van der Waals surface area contributed by atoms with Crippen LogP contribution < -0.4 is 5.73 Å². The van der Waals surface area contributed by atoms with E-state index in [9.17, 15) is 9.59 Å². The smallest absolute Gasteiger partial charge is 0.255 e. The summed E-state index contributed by atoms with van der Waals surface area (Å²) in [5.41, 5.74) is 7.90. The Morgan fingerprint density at radius 1 is 1.03 bits per heavy atom. The molecule has 30 heavy (non-hydrogen) atoms. The number of pyridine rings is 2. The summed E-state index contributed by atoms with van der Waals surface area (Å²) in [7, 11) is 0. The molecule has 2 amide bonds. The number of primary amides is 1. The molecule has 0 aliphatic carbocycles. The summed E-state index contributed by atoms with van der Waals surface area (Å²) in [5, 5.41) is 0. The van der Waals surface area contributed by atoms with Crippen molar-refractivity contribution in [3.63, 3.8) is 0 Å². The van der Waals surface area contributed by atoms with Crippen LogP contribution in [0.3, 0.4) is 0 Å². The van der Waals surface area contributed by atoms with E-state index in [2.05, 4.69) is 9.97 Å². The minimum absolute atomic E-state index is 0.0928. The molecule has 7 heteroatoms. The van der Waals surface area contributed by atoms with E-state index in [1.807, 2.05) is 36.4 Å². The summed E-state index contributed by atoms with van der Waals surface area (Å²) in [6, 6.07) is 15.1. The van der Waals surface area contributed by atoms with Gasteiger partial charge in [-0.25, -0.2) is 0 Å². The third-order valence-corrected chi connectivity index (χ3v) is 5.26.